The summed E-state index contributed by atoms with van der Waals surface area (Å²) in [6.07, 6.45) is -4.42. The number of phenolic OH excluding ortho intramolecular Hbond substituents is 1. The first kappa shape index (κ1) is 14.4. The molecule has 0 radical (unpaired) electrons. The van der Waals surface area contributed by atoms with Crippen molar-refractivity contribution in [3.05, 3.63) is 35.9 Å². The van der Waals surface area contributed by atoms with Gasteiger partial charge in [0.25, 0.3) is 0 Å². The van der Waals surface area contributed by atoms with Crippen molar-refractivity contribution in [1.82, 2.24) is 0 Å². The third-order valence-corrected chi connectivity index (χ3v) is 3.30. The average Bonchev–Trinajstić information content (AvgIpc) is 2.92. The molecule has 22 heavy (non-hydrogen) atoms. The van der Waals surface area contributed by atoms with E-state index in [1.165, 1.54) is 25.3 Å². The van der Waals surface area contributed by atoms with Crippen molar-refractivity contribution in [1.29, 1.82) is 0 Å². The Bertz CT molecular complexity index is 708. The van der Waals surface area contributed by atoms with E-state index >= 15 is 0 Å². The molecule has 1 aliphatic rings. The molecule has 0 fully saturated rings. The van der Waals surface area contributed by atoms with Crippen molar-refractivity contribution in [3.8, 4) is 34.1 Å². The summed E-state index contributed by atoms with van der Waals surface area (Å²) in [5.74, 6) is 0.688. The minimum atomic E-state index is -4.42. The minimum Gasteiger partial charge on any atom is -0.507 e. The average molecular weight is 312 g/mol. The van der Waals surface area contributed by atoms with E-state index in [0.717, 1.165) is 12.1 Å². The smallest absolute Gasteiger partial charge is 0.416 e. The molecule has 1 heterocycles. The Morgan fingerprint density at radius 2 is 1.82 bits per heavy atom. The highest BCUT2D eigenvalue weighted by Gasteiger charge is 2.31. The second-order valence-electron chi connectivity index (χ2n) is 4.61. The van der Waals surface area contributed by atoms with Gasteiger partial charge < -0.3 is 19.3 Å². The van der Waals surface area contributed by atoms with E-state index in [2.05, 4.69) is 0 Å². The van der Waals surface area contributed by atoms with Crippen LogP contribution in [0.4, 0.5) is 13.2 Å². The first-order valence-corrected chi connectivity index (χ1v) is 6.29. The van der Waals surface area contributed by atoms with Crippen molar-refractivity contribution in [3.63, 3.8) is 0 Å². The van der Waals surface area contributed by atoms with Crippen LogP contribution in [0.25, 0.3) is 11.1 Å². The number of alkyl halides is 3. The van der Waals surface area contributed by atoms with Crippen LogP contribution in [0.3, 0.4) is 0 Å². The number of halogens is 3. The van der Waals surface area contributed by atoms with Crippen molar-refractivity contribution in [2.45, 2.75) is 6.18 Å². The first-order valence-electron chi connectivity index (χ1n) is 6.29. The number of ether oxygens (including phenoxy) is 3. The predicted molar refractivity (Wildman–Crippen MR) is 71.2 cm³/mol. The van der Waals surface area contributed by atoms with Crippen LogP contribution in [0.1, 0.15) is 5.56 Å². The van der Waals surface area contributed by atoms with Gasteiger partial charge in [0, 0.05) is 6.07 Å². The Labute approximate surface area is 123 Å². The van der Waals surface area contributed by atoms with Gasteiger partial charge in [0.05, 0.1) is 18.2 Å². The van der Waals surface area contributed by atoms with E-state index in [1.807, 2.05) is 0 Å². The Hall–Kier alpha value is -2.57. The van der Waals surface area contributed by atoms with Gasteiger partial charge in [0.2, 0.25) is 12.5 Å². The summed E-state index contributed by atoms with van der Waals surface area (Å²) >= 11 is 0. The monoisotopic (exact) mass is 312 g/mol. The molecule has 0 amide bonds. The molecule has 0 spiro atoms. The van der Waals surface area contributed by atoms with Gasteiger partial charge in [0.1, 0.15) is 5.75 Å². The summed E-state index contributed by atoms with van der Waals surface area (Å²) in [4.78, 5) is 0. The molecular formula is C15H11F3O4. The maximum Gasteiger partial charge on any atom is 0.416 e. The van der Waals surface area contributed by atoms with Crippen molar-refractivity contribution < 1.29 is 32.5 Å². The van der Waals surface area contributed by atoms with Gasteiger partial charge in [-0.1, -0.05) is 12.1 Å². The summed E-state index contributed by atoms with van der Waals surface area (Å²) in [5, 5.41) is 10.1. The molecule has 0 atom stereocenters. The Morgan fingerprint density at radius 3 is 2.41 bits per heavy atom. The number of rotatable bonds is 2. The number of fused-ring (bicyclic) bond motifs is 1. The largest absolute Gasteiger partial charge is 0.507 e. The molecule has 2 aromatic rings. The molecule has 7 heteroatoms. The van der Waals surface area contributed by atoms with E-state index in [-0.39, 0.29) is 23.9 Å². The molecule has 0 saturated heterocycles. The molecule has 3 rings (SSSR count). The normalized spacial score (nSPS) is 13.3. The van der Waals surface area contributed by atoms with Crippen LogP contribution in [0.2, 0.25) is 0 Å². The summed E-state index contributed by atoms with van der Waals surface area (Å²) in [7, 11) is 1.38. The molecule has 2 aromatic carbocycles. The van der Waals surface area contributed by atoms with Crippen molar-refractivity contribution in [2.24, 2.45) is 0 Å². The highest BCUT2D eigenvalue weighted by atomic mass is 19.4. The third-order valence-electron chi connectivity index (χ3n) is 3.30. The Balaban J connectivity index is 2.12. The topological polar surface area (TPSA) is 47.9 Å². The molecule has 1 N–H and O–H groups in total. The summed E-state index contributed by atoms with van der Waals surface area (Å²) < 4.78 is 53.5. The summed E-state index contributed by atoms with van der Waals surface area (Å²) in [5.41, 5.74) is -0.142. The molecular weight excluding hydrogens is 301 g/mol. The fraction of sp³-hybridized carbons (Fsp3) is 0.200. The van der Waals surface area contributed by atoms with Gasteiger partial charge in [-0.3, -0.25) is 0 Å². The third kappa shape index (κ3) is 2.28. The number of aromatic hydroxyl groups is 1. The van der Waals surface area contributed by atoms with Crippen molar-refractivity contribution in [2.75, 3.05) is 13.9 Å². The van der Waals surface area contributed by atoms with E-state index < -0.39 is 11.7 Å². The van der Waals surface area contributed by atoms with Gasteiger partial charge in [-0.15, -0.1) is 0 Å². The highest BCUT2D eigenvalue weighted by molar-refractivity contribution is 5.82. The summed E-state index contributed by atoms with van der Waals surface area (Å²) in [6, 6.07) is 5.76. The molecule has 0 aliphatic carbocycles. The number of hydrogen-bond acceptors (Lipinski definition) is 4. The molecule has 116 valence electrons. The van der Waals surface area contributed by atoms with Crippen LogP contribution in [-0.2, 0) is 6.18 Å². The molecule has 0 saturated carbocycles. The lowest BCUT2D eigenvalue weighted by Crippen LogP contribution is -2.04. The summed E-state index contributed by atoms with van der Waals surface area (Å²) in [6.45, 7) is -0.0123. The SMILES string of the molecule is COc1c2c(cc(O)c1-c1ccc(C(F)(F)F)cc1)OCO2. The lowest BCUT2D eigenvalue weighted by molar-refractivity contribution is -0.137. The van der Waals surface area contributed by atoms with Gasteiger partial charge in [-0.2, -0.15) is 13.2 Å². The van der Waals surface area contributed by atoms with Crippen LogP contribution in [0.5, 0.6) is 23.0 Å². The van der Waals surface area contributed by atoms with Crippen LogP contribution in [0, 0.1) is 0 Å². The van der Waals surface area contributed by atoms with E-state index in [0.29, 0.717) is 17.1 Å². The Kier molecular flexibility index (Phi) is 3.27. The van der Waals surface area contributed by atoms with Gasteiger partial charge in [-0.25, -0.2) is 0 Å². The molecule has 0 unspecified atom stereocenters. The number of phenols is 1. The molecule has 0 aromatic heterocycles. The first-order chi connectivity index (χ1) is 10.4. The second-order valence-corrected chi connectivity index (χ2v) is 4.61. The van der Waals surface area contributed by atoms with E-state index in [4.69, 9.17) is 14.2 Å². The number of methoxy groups -OCH3 is 1. The van der Waals surface area contributed by atoms with E-state index in [1.54, 1.807) is 0 Å². The Morgan fingerprint density at radius 1 is 1.14 bits per heavy atom. The number of benzene rings is 2. The molecule has 1 aliphatic heterocycles. The lowest BCUT2D eigenvalue weighted by Gasteiger charge is -2.14. The quantitative estimate of drug-likeness (QED) is 0.916. The van der Waals surface area contributed by atoms with Crippen LogP contribution in [0.15, 0.2) is 30.3 Å². The maximum absolute atomic E-state index is 12.6. The van der Waals surface area contributed by atoms with Gasteiger partial charge in [-0.05, 0) is 17.7 Å². The standard InChI is InChI=1S/C15H11F3O4/c1-20-14-12(10(19)6-11-13(14)22-7-21-11)8-2-4-9(5-3-8)15(16,17)18/h2-6,19H,7H2,1H3. The van der Waals surface area contributed by atoms with Gasteiger partial charge in [0.15, 0.2) is 11.5 Å². The fourth-order valence-corrected chi connectivity index (χ4v) is 2.30. The second kappa shape index (κ2) is 5.01. The zero-order chi connectivity index (χ0) is 15.9. The van der Waals surface area contributed by atoms with Gasteiger partial charge >= 0.3 is 6.18 Å². The zero-order valence-electron chi connectivity index (χ0n) is 11.4. The minimum absolute atomic E-state index is 0.0123. The molecule has 4 nitrogen and oxygen atoms in total. The van der Waals surface area contributed by atoms with Crippen LogP contribution in [-0.4, -0.2) is 19.0 Å². The number of hydrogen-bond donors (Lipinski definition) is 1. The van der Waals surface area contributed by atoms with Crippen LogP contribution < -0.4 is 14.2 Å². The lowest BCUT2D eigenvalue weighted by atomic mass is 10.0. The van der Waals surface area contributed by atoms with Crippen LogP contribution >= 0.6 is 0 Å². The predicted octanol–water partition coefficient (Wildman–Crippen LogP) is 3.82. The fourth-order valence-electron chi connectivity index (χ4n) is 2.30. The zero-order valence-corrected chi connectivity index (χ0v) is 11.4. The maximum atomic E-state index is 12.6. The van der Waals surface area contributed by atoms with Crippen molar-refractivity contribution >= 4 is 0 Å². The van der Waals surface area contributed by atoms with E-state index in [9.17, 15) is 18.3 Å². The highest BCUT2D eigenvalue weighted by Crippen LogP contribution is 2.51. The molecule has 0 bridgehead atoms.